The Morgan fingerprint density at radius 3 is 2.65 bits per heavy atom. The maximum absolute atomic E-state index is 11.7. The Kier molecular flexibility index (Phi) is 5.24. The van der Waals surface area contributed by atoms with Crippen LogP contribution < -0.4 is 15.2 Å². The Bertz CT molecular complexity index is 446. The Hall–Kier alpha value is -1.27. The van der Waals surface area contributed by atoms with E-state index in [0.29, 0.717) is 30.8 Å². The lowest BCUT2D eigenvalue weighted by molar-refractivity contribution is 0.417. The van der Waals surface area contributed by atoms with Crippen LogP contribution in [0.4, 0.5) is 5.69 Å². The van der Waals surface area contributed by atoms with Gasteiger partial charge in [-0.05, 0) is 31.5 Å². The van der Waals surface area contributed by atoms with Crippen LogP contribution in [0.1, 0.15) is 12.8 Å². The number of nitrogens with two attached hydrogens (primary N) is 1. The Morgan fingerprint density at radius 2 is 2.00 bits per heavy atom. The molecule has 17 heavy (non-hydrogen) atoms. The van der Waals surface area contributed by atoms with E-state index in [1.807, 2.05) is 0 Å². The highest BCUT2D eigenvalue weighted by Gasteiger charge is 2.12. The second-order valence-electron chi connectivity index (χ2n) is 3.62. The molecule has 0 heterocycles. The monoisotopic (exact) mass is 258 g/mol. The molecular weight excluding hydrogens is 240 g/mol. The summed E-state index contributed by atoms with van der Waals surface area (Å²) in [6.45, 7) is 0.504. The van der Waals surface area contributed by atoms with Crippen LogP contribution in [0.2, 0.25) is 0 Å². The normalized spacial score (nSPS) is 11.2. The summed E-state index contributed by atoms with van der Waals surface area (Å²) in [4.78, 5) is 0. The van der Waals surface area contributed by atoms with Gasteiger partial charge in [-0.25, -0.2) is 8.42 Å². The lowest BCUT2D eigenvalue weighted by Crippen LogP contribution is -2.17. The third kappa shape index (κ3) is 4.62. The van der Waals surface area contributed by atoms with E-state index in [9.17, 15) is 8.42 Å². The number of anilines is 1. The molecule has 0 bridgehead atoms. The van der Waals surface area contributed by atoms with Gasteiger partial charge < -0.3 is 10.5 Å². The van der Waals surface area contributed by atoms with Crippen LogP contribution in [-0.4, -0.2) is 27.8 Å². The number of hydrogen-bond acceptors (Lipinski definition) is 4. The molecule has 5 nitrogen and oxygen atoms in total. The first-order valence-electron chi connectivity index (χ1n) is 5.42. The fourth-order valence-electron chi connectivity index (χ4n) is 1.38. The van der Waals surface area contributed by atoms with Crippen LogP contribution in [0.15, 0.2) is 24.3 Å². The van der Waals surface area contributed by atoms with Crippen LogP contribution in [0.25, 0.3) is 0 Å². The van der Waals surface area contributed by atoms with E-state index in [1.54, 1.807) is 24.3 Å². The SMILES string of the molecule is COc1ccccc1NS(=O)(=O)CCCCN. The number of unbranched alkanes of at least 4 members (excludes halogenated alkanes) is 1. The Balaban J connectivity index is 2.69. The van der Waals surface area contributed by atoms with E-state index in [0.717, 1.165) is 0 Å². The molecule has 3 N–H and O–H groups in total. The predicted octanol–water partition coefficient (Wildman–Crippen LogP) is 1.18. The van der Waals surface area contributed by atoms with Gasteiger partial charge in [0.05, 0.1) is 18.6 Å². The van der Waals surface area contributed by atoms with Crippen molar-refractivity contribution in [3.05, 3.63) is 24.3 Å². The van der Waals surface area contributed by atoms with E-state index < -0.39 is 10.0 Å². The molecule has 0 amide bonds. The summed E-state index contributed by atoms with van der Waals surface area (Å²) < 4.78 is 31.0. The summed E-state index contributed by atoms with van der Waals surface area (Å²) in [6.07, 6.45) is 1.26. The van der Waals surface area contributed by atoms with Crippen LogP contribution in [-0.2, 0) is 10.0 Å². The van der Waals surface area contributed by atoms with Gasteiger partial charge in [-0.1, -0.05) is 12.1 Å². The topological polar surface area (TPSA) is 81.4 Å². The van der Waals surface area contributed by atoms with Gasteiger partial charge in [0.1, 0.15) is 5.75 Å². The molecule has 0 spiro atoms. The minimum Gasteiger partial charge on any atom is -0.495 e. The summed E-state index contributed by atoms with van der Waals surface area (Å²) in [6, 6.07) is 6.91. The molecule has 0 aliphatic carbocycles. The minimum atomic E-state index is -3.33. The molecule has 0 radical (unpaired) electrons. The molecular formula is C11H18N2O3S. The second kappa shape index (κ2) is 6.46. The first-order valence-corrected chi connectivity index (χ1v) is 7.08. The van der Waals surface area contributed by atoms with Crippen LogP contribution in [0, 0.1) is 0 Å². The number of para-hydroxylation sites is 2. The van der Waals surface area contributed by atoms with Gasteiger partial charge in [-0.15, -0.1) is 0 Å². The zero-order chi connectivity index (χ0) is 12.7. The van der Waals surface area contributed by atoms with Crippen LogP contribution in [0.3, 0.4) is 0 Å². The highest BCUT2D eigenvalue weighted by atomic mass is 32.2. The number of ether oxygens (including phenoxy) is 1. The van der Waals surface area contributed by atoms with Gasteiger partial charge >= 0.3 is 0 Å². The molecule has 1 aromatic carbocycles. The smallest absolute Gasteiger partial charge is 0.232 e. The molecule has 0 atom stereocenters. The molecule has 0 aliphatic rings. The van der Waals surface area contributed by atoms with E-state index in [2.05, 4.69) is 4.72 Å². The first-order chi connectivity index (χ1) is 8.09. The first kappa shape index (κ1) is 13.8. The fraction of sp³-hybridized carbons (Fsp3) is 0.455. The molecule has 0 saturated carbocycles. The van der Waals surface area contributed by atoms with E-state index in [4.69, 9.17) is 10.5 Å². The zero-order valence-electron chi connectivity index (χ0n) is 9.85. The van der Waals surface area contributed by atoms with E-state index in [1.165, 1.54) is 7.11 Å². The highest BCUT2D eigenvalue weighted by molar-refractivity contribution is 7.92. The number of sulfonamides is 1. The quantitative estimate of drug-likeness (QED) is 0.719. The standard InChI is InChI=1S/C11H18N2O3S/c1-16-11-7-3-2-6-10(11)13-17(14,15)9-5-4-8-12/h2-3,6-7,13H,4-5,8-9,12H2,1H3. The van der Waals surface area contributed by atoms with Crippen LogP contribution >= 0.6 is 0 Å². The van der Waals surface area contributed by atoms with Crippen molar-refractivity contribution in [2.45, 2.75) is 12.8 Å². The lowest BCUT2D eigenvalue weighted by Gasteiger charge is -2.11. The molecule has 0 saturated heterocycles. The van der Waals surface area contributed by atoms with Gasteiger partial charge in [0.25, 0.3) is 0 Å². The van der Waals surface area contributed by atoms with Crippen molar-refractivity contribution in [1.82, 2.24) is 0 Å². The molecule has 0 unspecified atom stereocenters. The van der Waals surface area contributed by atoms with Crippen molar-refractivity contribution < 1.29 is 13.2 Å². The molecule has 0 aromatic heterocycles. The number of methoxy groups -OCH3 is 1. The van der Waals surface area contributed by atoms with Crippen LogP contribution in [0.5, 0.6) is 5.75 Å². The maximum Gasteiger partial charge on any atom is 0.232 e. The Labute approximate surface area is 102 Å². The third-order valence-electron chi connectivity index (χ3n) is 2.24. The summed E-state index contributed by atoms with van der Waals surface area (Å²) in [5.41, 5.74) is 5.78. The van der Waals surface area contributed by atoms with Gasteiger partial charge in [0.15, 0.2) is 0 Å². The maximum atomic E-state index is 11.7. The average Bonchev–Trinajstić information content (AvgIpc) is 2.29. The van der Waals surface area contributed by atoms with Crippen molar-refractivity contribution in [2.24, 2.45) is 5.73 Å². The number of rotatable bonds is 7. The molecule has 1 aromatic rings. The van der Waals surface area contributed by atoms with Crippen molar-refractivity contribution in [1.29, 1.82) is 0 Å². The third-order valence-corrected chi connectivity index (χ3v) is 3.60. The van der Waals surface area contributed by atoms with Crippen molar-refractivity contribution in [2.75, 3.05) is 24.1 Å². The zero-order valence-corrected chi connectivity index (χ0v) is 10.7. The molecule has 6 heteroatoms. The van der Waals surface area contributed by atoms with Gasteiger partial charge in [-0.3, -0.25) is 4.72 Å². The van der Waals surface area contributed by atoms with E-state index >= 15 is 0 Å². The summed E-state index contributed by atoms with van der Waals surface area (Å²) in [5, 5.41) is 0. The second-order valence-corrected chi connectivity index (χ2v) is 5.46. The largest absolute Gasteiger partial charge is 0.495 e. The summed E-state index contributed by atoms with van der Waals surface area (Å²) in [7, 11) is -1.82. The van der Waals surface area contributed by atoms with Crippen molar-refractivity contribution in [3.63, 3.8) is 0 Å². The lowest BCUT2D eigenvalue weighted by atomic mass is 10.3. The van der Waals surface area contributed by atoms with Gasteiger partial charge in [-0.2, -0.15) is 0 Å². The molecule has 0 aliphatic heterocycles. The minimum absolute atomic E-state index is 0.0717. The van der Waals surface area contributed by atoms with E-state index in [-0.39, 0.29) is 5.75 Å². The van der Waals surface area contributed by atoms with Crippen molar-refractivity contribution in [3.8, 4) is 5.75 Å². The molecule has 96 valence electrons. The molecule has 1 rings (SSSR count). The number of hydrogen-bond donors (Lipinski definition) is 2. The summed E-state index contributed by atoms with van der Waals surface area (Å²) in [5.74, 6) is 0.581. The average molecular weight is 258 g/mol. The van der Waals surface area contributed by atoms with Gasteiger partial charge in [0.2, 0.25) is 10.0 Å². The number of nitrogens with one attached hydrogen (secondary N) is 1. The van der Waals surface area contributed by atoms with Gasteiger partial charge in [0, 0.05) is 0 Å². The predicted molar refractivity (Wildman–Crippen MR) is 68.7 cm³/mol. The summed E-state index contributed by atoms with van der Waals surface area (Å²) >= 11 is 0. The number of benzene rings is 1. The highest BCUT2D eigenvalue weighted by Crippen LogP contribution is 2.24. The Morgan fingerprint density at radius 1 is 1.29 bits per heavy atom. The molecule has 0 fully saturated rings. The fourth-order valence-corrected chi connectivity index (χ4v) is 2.57. The van der Waals surface area contributed by atoms with Crippen molar-refractivity contribution >= 4 is 15.7 Å².